The molecule has 1 aliphatic carbocycles. The van der Waals surface area contributed by atoms with Gasteiger partial charge in [-0.05, 0) is 25.0 Å². The first-order valence-electron chi connectivity index (χ1n) is 4.08. The molecule has 1 nitrogen and oxygen atoms in total. The lowest BCUT2D eigenvalue weighted by molar-refractivity contribution is -0.116. The average molecular weight is 162 g/mol. The molecule has 0 saturated heterocycles. The molecule has 1 rings (SSSR count). The van der Waals surface area contributed by atoms with Crippen molar-refractivity contribution < 1.29 is 4.79 Å². The van der Waals surface area contributed by atoms with E-state index in [4.69, 9.17) is 0 Å². The van der Waals surface area contributed by atoms with Crippen molar-refractivity contribution in [2.24, 2.45) is 5.92 Å². The van der Waals surface area contributed by atoms with E-state index >= 15 is 0 Å². The van der Waals surface area contributed by atoms with Gasteiger partial charge in [-0.1, -0.05) is 24.8 Å². The second-order valence-corrected chi connectivity index (χ2v) is 3.43. The first-order valence-corrected chi connectivity index (χ1v) is 4.08. The van der Waals surface area contributed by atoms with Crippen molar-refractivity contribution in [2.45, 2.75) is 20.3 Å². The van der Waals surface area contributed by atoms with Gasteiger partial charge in [0.25, 0.3) is 0 Å². The van der Waals surface area contributed by atoms with Gasteiger partial charge < -0.3 is 0 Å². The van der Waals surface area contributed by atoms with Gasteiger partial charge in [0.1, 0.15) is 0 Å². The van der Waals surface area contributed by atoms with Crippen LogP contribution in [0.15, 0.2) is 36.0 Å². The van der Waals surface area contributed by atoms with Gasteiger partial charge in [-0.2, -0.15) is 0 Å². The van der Waals surface area contributed by atoms with E-state index in [0.717, 1.165) is 16.7 Å². The Balaban J connectivity index is 2.94. The summed E-state index contributed by atoms with van der Waals surface area (Å²) in [4.78, 5) is 11.3. The van der Waals surface area contributed by atoms with Crippen LogP contribution in [-0.4, -0.2) is 5.78 Å². The van der Waals surface area contributed by atoms with E-state index in [9.17, 15) is 4.79 Å². The summed E-state index contributed by atoms with van der Waals surface area (Å²) in [5.41, 5.74) is 2.86. The summed E-state index contributed by atoms with van der Waals surface area (Å²) < 4.78 is 0. The number of allylic oxidation sites excluding steroid dienone is 4. The highest BCUT2D eigenvalue weighted by Gasteiger charge is 2.22. The van der Waals surface area contributed by atoms with Crippen molar-refractivity contribution in [1.82, 2.24) is 0 Å². The van der Waals surface area contributed by atoms with E-state index in [2.05, 4.69) is 13.2 Å². The van der Waals surface area contributed by atoms with Crippen molar-refractivity contribution >= 4 is 5.78 Å². The molecule has 0 bridgehead atoms. The Morgan fingerprint density at radius 3 is 2.75 bits per heavy atom. The van der Waals surface area contributed by atoms with Gasteiger partial charge in [-0.3, -0.25) is 4.79 Å². The Labute approximate surface area is 73.5 Å². The fourth-order valence-corrected chi connectivity index (χ4v) is 1.43. The molecule has 0 aromatic heterocycles. The Bertz CT molecular complexity index is 281. The van der Waals surface area contributed by atoms with Gasteiger partial charge in [0.15, 0.2) is 5.78 Å². The molecular weight excluding hydrogens is 148 g/mol. The summed E-state index contributed by atoms with van der Waals surface area (Å²) in [5.74, 6) is 0.386. The van der Waals surface area contributed by atoms with Gasteiger partial charge in [-0.25, -0.2) is 0 Å². The lowest BCUT2D eigenvalue weighted by atomic mass is 9.82. The molecule has 1 heteroatoms. The minimum absolute atomic E-state index is 0.168. The van der Waals surface area contributed by atoms with E-state index < -0.39 is 0 Å². The molecule has 0 fully saturated rings. The van der Waals surface area contributed by atoms with Crippen LogP contribution in [0.4, 0.5) is 0 Å². The second-order valence-electron chi connectivity index (χ2n) is 3.43. The number of ketones is 1. The minimum Gasteiger partial charge on any atom is -0.295 e. The molecule has 0 spiro atoms. The summed E-state index contributed by atoms with van der Waals surface area (Å²) >= 11 is 0. The third-order valence-electron chi connectivity index (χ3n) is 2.27. The smallest absolute Gasteiger partial charge is 0.159 e. The quantitative estimate of drug-likeness (QED) is 0.542. The van der Waals surface area contributed by atoms with E-state index in [0.29, 0.717) is 6.42 Å². The van der Waals surface area contributed by atoms with Gasteiger partial charge in [-0.15, -0.1) is 0 Å². The standard InChI is InChI=1S/C11H14O/c1-7(2)10-6-11(12)9(4)5-8(10)3/h5,10H,1,3,6H2,2,4H3. The third-order valence-corrected chi connectivity index (χ3v) is 2.27. The summed E-state index contributed by atoms with van der Waals surface area (Å²) in [7, 11) is 0. The molecule has 0 N–H and O–H groups in total. The fourth-order valence-electron chi connectivity index (χ4n) is 1.43. The van der Waals surface area contributed by atoms with E-state index in [-0.39, 0.29) is 11.7 Å². The number of hydrogen-bond acceptors (Lipinski definition) is 1. The first kappa shape index (κ1) is 8.98. The molecule has 0 heterocycles. The molecule has 12 heavy (non-hydrogen) atoms. The molecule has 0 saturated carbocycles. The third kappa shape index (κ3) is 1.55. The highest BCUT2D eigenvalue weighted by molar-refractivity contribution is 5.97. The molecule has 1 unspecified atom stereocenters. The van der Waals surface area contributed by atoms with Gasteiger partial charge in [0.05, 0.1) is 0 Å². The molecule has 0 amide bonds. The Morgan fingerprint density at radius 2 is 2.25 bits per heavy atom. The van der Waals surface area contributed by atoms with Gasteiger partial charge in [0.2, 0.25) is 0 Å². The van der Waals surface area contributed by atoms with E-state index in [1.807, 2.05) is 19.9 Å². The second kappa shape index (κ2) is 3.10. The maximum Gasteiger partial charge on any atom is 0.159 e. The van der Waals surface area contributed by atoms with E-state index in [1.54, 1.807) is 0 Å². The molecular formula is C11H14O. The maximum atomic E-state index is 11.3. The number of hydrogen-bond donors (Lipinski definition) is 0. The van der Waals surface area contributed by atoms with Crippen molar-refractivity contribution in [3.8, 4) is 0 Å². The zero-order valence-electron chi connectivity index (χ0n) is 7.68. The zero-order valence-corrected chi connectivity index (χ0v) is 7.68. The Morgan fingerprint density at radius 1 is 1.67 bits per heavy atom. The van der Waals surface area contributed by atoms with Crippen LogP contribution in [0.25, 0.3) is 0 Å². The van der Waals surface area contributed by atoms with Crippen LogP contribution in [0.3, 0.4) is 0 Å². The van der Waals surface area contributed by atoms with Crippen molar-refractivity contribution in [1.29, 1.82) is 0 Å². The fraction of sp³-hybridized carbons (Fsp3) is 0.364. The molecule has 0 aromatic rings. The largest absolute Gasteiger partial charge is 0.295 e. The number of Topliss-reactive ketones (excluding diaryl/α,β-unsaturated/α-hetero) is 1. The minimum atomic E-state index is 0.168. The summed E-state index contributed by atoms with van der Waals surface area (Å²) in [6.07, 6.45) is 2.42. The number of rotatable bonds is 1. The number of carbonyl (C=O) groups excluding carboxylic acids is 1. The summed E-state index contributed by atoms with van der Waals surface area (Å²) in [5, 5.41) is 0. The maximum absolute atomic E-state index is 11.3. The predicted molar refractivity (Wildman–Crippen MR) is 50.8 cm³/mol. The van der Waals surface area contributed by atoms with Crippen molar-refractivity contribution in [2.75, 3.05) is 0 Å². The molecule has 1 atom stereocenters. The van der Waals surface area contributed by atoms with Crippen molar-refractivity contribution in [3.63, 3.8) is 0 Å². The van der Waals surface area contributed by atoms with E-state index in [1.165, 1.54) is 0 Å². The zero-order chi connectivity index (χ0) is 9.30. The molecule has 64 valence electrons. The van der Waals surface area contributed by atoms with Crippen LogP contribution in [0, 0.1) is 5.92 Å². The summed E-state index contributed by atoms with van der Waals surface area (Å²) in [6.45, 7) is 11.5. The van der Waals surface area contributed by atoms with Gasteiger partial charge in [0, 0.05) is 12.3 Å². The molecule has 0 radical (unpaired) electrons. The lowest BCUT2D eigenvalue weighted by Crippen LogP contribution is -2.16. The molecule has 0 aromatic carbocycles. The highest BCUT2D eigenvalue weighted by atomic mass is 16.1. The number of carbonyl (C=O) groups is 1. The van der Waals surface area contributed by atoms with Gasteiger partial charge >= 0.3 is 0 Å². The van der Waals surface area contributed by atoms with Crippen LogP contribution < -0.4 is 0 Å². The summed E-state index contributed by atoms with van der Waals surface area (Å²) in [6, 6.07) is 0. The predicted octanol–water partition coefficient (Wildman–Crippen LogP) is 2.65. The Kier molecular flexibility index (Phi) is 2.32. The van der Waals surface area contributed by atoms with Crippen LogP contribution >= 0.6 is 0 Å². The molecule has 0 aliphatic heterocycles. The van der Waals surface area contributed by atoms with Crippen LogP contribution in [0.5, 0.6) is 0 Å². The molecule has 1 aliphatic rings. The lowest BCUT2D eigenvalue weighted by Gasteiger charge is -2.21. The monoisotopic (exact) mass is 162 g/mol. The SMILES string of the molecule is C=C(C)C1CC(=O)C(C)=CC1=C. The van der Waals surface area contributed by atoms with Crippen LogP contribution in [0.2, 0.25) is 0 Å². The highest BCUT2D eigenvalue weighted by Crippen LogP contribution is 2.29. The van der Waals surface area contributed by atoms with Crippen LogP contribution in [0.1, 0.15) is 20.3 Å². The topological polar surface area (TPSA) is 17.1 Å². The van der Waals surface area contributed by atoms with Crippen molar-refractivity contribution in [3.05, 3.63) is 36.0 Å². The first-order chi connectivity index (χ1) is 5.52. The Hall–Kier alpha value is -1.11. The normalized spacial score (nSPS) is 23.8. The van der Waals surface area contributed by atoms with Crippen LogP contribution in [-0.2, 0) is 4.79 Å². The average Bonchev–Trinajstić information content (AvgIpc) is 1.96.